The molecule has 0 radical (unpaired) electrons. The van der Waals surface area contributed by atoms with Crippen molar-refractivity contribution in [2.75, 3.05) is 5.32 Å². The Morgan fingerprint density at radius 1 is 1.17 bits per heavy atom. The second kappa shape index (κ2) is 8.39. The fourth-order valence-corrected chi connectivity index (χ4v) is 2.99. The molecular weight excluding hydrogens is 421 g/mol. The van der Waals surface area contributed by atoms with E-state index in [1.54, 1.807) is 6.92 Å². The van der Waals surface area contributed by atoms with Gasteiger partial charge in [0.25, 0.3) is 5.91 Å². The van der Waals surface area contributed by atoms with Crippen LogP contribution in [0.1, 0.15) is 38.5 Å². The molecule has 9 heteroatoms. The predicted octanol–water partition coefficient (Wildman–Crippen LogP) is 6.10. The number of alkyl halides is 3. The molecule has 0 saturated heterocycles. The van der Waals surface area contributed by atoms with Crippen molar-refractivity contribution >= 4 is 23.2 Å². The van der Waals surface area contributed by atoms with Crippen molar-refractivity contribution in [3.05, 3.63) is 75.1 Å². The highest BCUT2D eigenvalue weighted by molar-refractivity contribution is 6.31. The van der Waals surface area contributed by atoms with Gasteiger partial charge in [-0.05, 0) is 56.2 Å². The summed E-state index contributed by atoms with van der Waals surface area (Å²) in [6.07, 6.45) is -4.65. The van der Waals surface area contributed by atoms with Crippen LogP contribution in [0.5, 0.6) is 5.75 Å². The van der Waals surface area contributed by atoms with Crippen LogP contribution in [0.25, 0.3) is 0 Å². The topological polar surface area (TPSA) is 64.4 Å². The fourth-order valence-electron chi connectivity index (χ4n) is 2.76. The van der Waals surface area contributed by atoms with Crippen LogP contribution in [-0.4, -0.2) is 11.1 Å². The molecule has 3 rings (SSSR count). The molecule has 0 aliphatic heterocycles. The molecule has 1 aromatic heterocycles. The third kappa shape index (κ3) is 4.76. The zero-order valence-electron chi connectivity index (χ0n) is 16.4. The first kappa shape index (κ1) is 21.7. The molecule has 0 unspecified atom stereocenters. The first-order valence-electron chi connectivity index (χ1n) is 8.89. The molecule has 0 fully saturated rings. The summed E-state index contributed by atoms with van der Waals surface area (Å²) >= 11 is 5.61. The van der Waals surface area contributed by atoms with Gasteiger partial charge in [0.2, 0.25) is 0 Å². The highest BCUT2D eigenvalue weighted by Gasteiger charge is 2.33. The van der Waals surface area contributed by atoms with Gasteiger partial charge in [-0.1, -0.05) is 28.9 Å². The zero-order chi connectivity index (χ0) is 22.1. The third-order valence-electron chi connectivity index (χ3n) is 4.45. The number of hydrogen-bond acceptors (Lipinski definition) is 4. The first-order valence-corrected chi connectivity index (χ1v) is 9.27. The molecule has 158 valence electrons. The quantitative estimate of drug-likeness (QED) is 0.522. The van der Waals surface area contributed by atoms with Gasteiger partial charge < -0.3 is 14.6 Å². The van der Waals surface area contributed by atoms with Gasteiger partial charge in [0.15, 0.2) is 5.69 Å². The molecule has 0 spiro atoms. The van der Waals surface area contributed by atoms with E-state index in [0.717, 1.165) is 23.3 Å². The Hall–Kier alpha value is -3.00. The Morgan fingerprint density at radius 2 is 1.90 bits per heavy atom. The van der Waals surface area contributed by atoms with Gasteiger partial charge in [-0.2, -0.15) is 13.2 Å². The second-order valence-electron chi connectivity index (χ2n) is 6.77. The van der Waals surface area contributed by atoms with E-state index in [2.05, 4.69) is 10.5 Å². The van der Waals surface area contributed by atoms with E-state index >= 15 is 0 Å². The predicted molar refractivity (Wildman–Crippen MR) is 106 cm³/mol. The average molecular weight is 439 g/mol. The first-order chi connectivity index (χ1) is 14.1. The molecule has 0 saturated carbocycles. The zero-order valence-corrected chi connectivity index (χ0v) is 17.1. The van der Waals surface area contributed by atoms with Crippen molar-refractivity contribution in [2.24, 2.45) is 0 Å². The number of hydrogen-bond donors (Lipinski definition) is 1. The summed E-state index contributed by atoms with van der Waals surface area (Å²) in [5.41, 5.74) is 1.15. The van der Waals surface area contributed by atoms with Crippen molar-refractivity contribution < 1.29 is 27.2 Å². The van der Waals surface area contributed by atoms with E-state index in [-0.39, 0.29) is 18.0 Å². The van der Waals surface area contributed by atoms with Crippen LogP contribution in [0.15, 0.2) is 40.9 Å². The minimum atomic E-state index is -4.65. The minimum Gasteiger partial charge on any atom is -0.488 e. The maximum absolute atomic E-state index is 13.0. The summed E-state index contributed by atoms with van der Waals surface area (Å²) in [7, 11) is 0. The summed E-state index contributed by atoms with van der Waals surface area (Å²) < 4.78 is 50.0. The molecule has 2 aromatic carbocycles. The summed E-state index contributed by atoms with van der Waals surface area (Å²) in [5, 5.41) is 5.67. The van der Waals surface area contributed by atoms with E-state index in [4.69, 9.17) is 20.9 Å². The molecule has 0 atom stereocenters. The maximum Gasteiger partial charge on any atom is 0.417 e. The number of nitrogens with zero attached hydrogens (tertiary/aromatic N) is 1. The van der Waals surface area contributed by atoms with Gasteiger partial charge in [0.05, 0.1) is 16.1 Å². The molecule has 30 heavy (non-hydrogen) atoms. The summed E-state index contributed by atoms with van der Waals surface area (Å²) in [5.74, 6) is 0.300. The Balaban J connectivity index is 1.80. The van der Waals surface area contributed by atoms with Crippen molar-refractivity contribution in [1.29, 1.82) is 0 Å². The second-order valence-corrected chi connectivity index (χ2v) is 7.18. The van der Waals surface area contributed by atoms with E-state index in [0.29, 0.717) is 17.1 Å². The molecule has 1 amide bonds. The largest absolute Gasteiger partial charge is 0.488 e. The summed E-state index contributed by atoms with van der Waals surface area (Å²) in [4.78, 5) is 12.6. The van der Waals surface area contributed by atoms with E-state index in [9.17, 15) is 18.0 Å². The highest BCUT2D eigenvalue weighted by Crippen LogP contribution is 2.36. The monoisotopic (exact) mass is 438 g/mol. The van der Waals surface area contributed by atoms with Crippen LogP contribution < -0.4 is 10.1 Å². The molecule has 3 aromatic rings. The van der Waals surface area contributed by atoms with Gasteiger partial charge >= 0.3 is 6.18 Å². The van der Waals surface area contributed by atoms with Crippen molar-refractivity contribution in [1.82, 2.24) is 5.16 Å². The highest BCUT2D eigenvalue weighted by atomic mass is 35.5. The number of halogens is 4. The van der Waals surface area contributed by atoms with Crippen molar-refractivity contribution in [2.45, 2.75) is 33.6 Å². The van der Waals surface area contributed by atoms with E-state index < -0.39 is 22.7 Å². The Kier molecular flexibility index (Phi) is 6.07. The number of aryl methyl sites for hydroxylation is 3. The van der Waals surface area contributed by atoms with Crippen LogP contribution in [0.3, 0.4) is 0 Å². The lowest BCUT2D eigenvalue weighted by Crippen LogP contribution is -2.16. The Morgan fingerprint density at radius 3 is 2.60 bits per heavy atom. The number of carbonyl (C=O) groups is 1. The number of nitrogens with one attached hydrogen (secondary N) is 1. The van der Waals surface area contributed by atoms with Crippen LogP contribution in [0, 0.1) is 20.8 Å². The van der Waals surface area contributed by atoms with Gasteiger partial charge in [0, 0.05) is 5.69 Å². The third-order valence-corrected chi connectivity index (χ3v) is 4.77. The lowest BCUT2D eigenvalue weighted by Gasteiger charge is -2.12. The minimum absolute atomic E-state index is 0.0107. The summed E-state index contributed by atoms with van der Waals surface area (Å²) in [6, 6.07) is 8.83. The number of aromatic nitrogens is 1. The number of ether oxygens (including phenoxy) is 1. The number of anilines is 1. The molecular formula is C21H18ClF3N2O3. The maximum atomic E-state index is 13.0. The molecule has 1 heterocycles. The number of amides is 1. The van der Waals surface area contributed by atoms with Crippen LogP contribution in [0.4, 0.5) is 18.9 Å². The van der Waals surface area contributed by atoms with Gasteiger partial charge in [0.1, 0.15) is 18.1 Å². The number of carbonyl (C=O) groups excluding carboxylic acids is 1. The summed E-state index contributed by atoms with van der Waals surface area (Å²) in [6.45, 7) is 5.45. The van der Waals surface area contributed by atoms with Gasteiger partial charge in [-0.3, -0.25) is 4.79 Å². The SMILES string of the molecule is Cc1ccc(C)c(OCc2c(C(=O)Nc3ccc(Cl)c(C(F)(F)F)c3)noc2C)c1. The average Bonchev–Trinajstić information content (AvgIpc) is 3.03. The van der Waals surface area contributed by atoms with E-state index in [1.807, 2.05) is 32.0 Å². The lowest BCUT2D eigenvalue weighted by molar-refractivity contribution is -0.137. The Bertz CT molecular complexity index is 1090. The molecule has 0 bridgehead atoms. The van der Waals surface area contributed by atoms with Gasteiger partial charge in [-0.15, -0.1) is 0 Å². The lowest BCUT2D eigenvalue weighted by atomic mass is 10.1. The van der Waals surface area contributed by atoms with E-state index in [1.165, 1.54) is 6.07 Å². The number of benzene rings is 2. The molecule has 5 nitrogen and oxygen atoms in total. The molecule has 0 aliphatic rings. The fraction of sp³-hybridized carbons (Fsp3) is 0.238. The number of rotatable bonds is 5. The van der Waals surface area contributed by atoms with Crippen LogP contribution in [0.2, 0.25) is 5.02 Å². The van der Waals surface area contributed by atoms with Crippen molar-refractivity contribution in [3.63, 3.8) is 0 Å². The Labute approximate surface area is 175 Å². The standard InChI is InChI=1S/C21H18ClF3N2O3/c1-11-4-5-12(2)18(8-11)29-10-15-13(3)30-27-19(15)20(28)26-14-6-7-17(22)16(9-14)21(23,24)25/h4-9H,10H2,1-3H3,(H,26,28). The molecule has 1 N–H and O–H groups in total. The van der Waals surface area contributed by atoms with Gasteiger partial charge in [-0.25, -0.2) is 0 Å². The molecule has 0 aliphatic carbocycles. The van der Waals surface area contributed by atoms with Crippen molar-refractivity contribution in [3.8, 4) is 5.75 Å². The van der Waals surface area contributed by atoms with Crippen LogP contribution >= 0.6 is 11.6 Å². The van der Waals surface area contributed by atoms with Crippen LogP contribution in [-0.2, 0) is 12.8 Å². The smallest absolute Gasteiger partial charge is 0.417 e. The normalized spacial score (nSPS) is 11.4.